The summed E-state index contributed by atoms with van der Waals surface area (Å²) < 4.78 is 14.2. The number of aromatic nitrogens is 2. The summed E-state index contributed by atoms with van der Waals surface area (Å²) in [4.78, 5) is 22.7. The molecule has 1 fully saturated rings. The summed E-state index contributed by atoms with van der Waals surface area (Å²) >= 11 is 0. The molecule has 1 saturated carbocycles. The summed E-state index contributed by atoms with van der Waals surface area (Å²) in [6.45, 7) is 3.29. The smallest absolute Gasteiger partial charge is 0.307 e. The van der Waals surface area contributed by atoms with Crippen LogP contribution >= 0.6 is 0 Å². The molecule has 1 aliphatic carbocycles. The maximum atomic E-state index is 13.0. The van der Waals surface area contributed by atoms with Gasteiger partial charge in [0.1, 0.15) is 23.7 Å². The first kappa shape index (κ1) is 16.1. The Morgan fingerprint density at radius 3 is 2.67 bits per heavy atom. The quantitative estimate of drug-likeness (QED) is 0.672. The molecule has 24 heavy (non-hydrogen) atoms. The van der Waals surface area contributed by atoms with Crippen molar-refractivity contribution in [3.05, 3.63) is 58.2 Å². The molecule has 0 unspecified atom stereocenters. The van der Waals surface area contributed by atoms with Crippen molar-refractivity contribution >= 4 is 11.6 Å². The second-order valence-corrected chi connectivity index (χ2v) is 6.43. The normalized spacial score (nSPS) is 19.8. The Morgan fingerprint density at radius 2 is 2.08 bits per heavy atom. The number of nitrogens with one attached hydrogen (secondary N) is 1. The number of nitro groups is 1. The van der Waals surface area contributed by atoms with Crippen molar-refractivity contribution in [2.24, 2.45) is 0 Å². The third-order valence-electron chi connectivity index (χ3n) is 4.31. The number of carbonyl (C=O) groups is 1. The topological polar surface area (TPSA) is 90.1 Å². The van der Waals surface area contributed by atoms with Crippen LogP contribution in [0.25, 0.3) is 0 Å². The van der Waals surface area contributed by atoms with E-state index in [1.165, 1.54) is 23.0 Å². The number of hydrogen-bond donors (Lipinski definition) is 1. The maximum Gasteiger partial charge on any atom is 0.307 e. The first-order valence-corrected chi connectivity index (χ1v) is 7.55. The van der Waals surface area contributed by atoms with Crippen molar-refractivity contribution < 1.29 is 14.1 Å². The van der Waals surface area contributed by atoms with Gasteiger partial charge in [-0.15, -0.1) is 0 Å². The first-order valence-electron chi connectivity index (χ1n) is 7.55. The Labute approximate surface area is 137 Å². The number of carbonyl (C=O) groups excluding carboxylic acids is 1. The average molecular weight is 332 g/mol. The summed E-state index contributed by atoms with van der Waals surface area (Å²) in [7, 11) is 0. The van der Waals surface area contributed by atoms with Gasteiger partial charge in [0.25, 0.3) is 0 Å². The summed E-state index contributed by atoms with van der Waals surface area (Å²) in [5.41, 5.74) is -0.231. The van der Waals surface area contributed by atoms with E-state index in [9.17, 15) is 19.3 Å². The molecule has 0 bridgehead atoms. The fraction of sp³-hybridized carbons (Fsp3) is 0.375. The fourth-order valence-electron chi connectivity index (χ4n) is 2.60. The molecular weight excluding hydrogens is 315 g/mol. The van der Waals surface area contributed by atoms with Crippen LogP contribution in [0.3, 0.4) is 0 Å². The van der Waals surface area contributed by atoms with Crippen molar-refractivity contribution in [3.8, 4) is 0 Å². The van der Waals surface area contributed by atoms with E-state index in [0.29, 0.717) is 0 Å². The molecule has 1 aromatic heterocycles. The number of hydrogen-bond acceptors (Lipinski definition) is 4. The van der Waals surface area contributed by atoms with E-state index < -0.39 is 10.5 Å². The van der Waals surface area contributed by atoms with Gasteiger partial charge in [-0.2, -0.15) is 5.10 Å². The Bertz CT molecular complexity index is 785. The maximum absolute atomic E-state index is 13.0. The molecule has 1 aliphatic rings. The Balaban J connectivity index is 1.66. The first-order chi connectivity index (χ1) is 11.3. The summed E-state index contributed by atoms with van der Waals surface area (Å²) in [5.74, 6) is -0.395. The highest BCUT2D eigenvalue weighted by Gasteiger charge is 2.42. The van der Waals surface area contributed by atoms with Crippen LogP contribution in [0.15, 0.2) is 36.7 Å². The molecule has 0 aliphatic heterocycles. The minimum Gasteiger partial charge on any atom is -0.351 e. The molecule has 2 atom stereocenters. The molecule has 1 amide bonds. The van der Waals surface area contributed by atoms with Gasteiger partial charge in [0, 0.05) is 12.0 Å². The van der Waals surface area contributed by atoms with Gasteiger partial charge in [0.05, 0.1) is 4.92 Å². The van der Waals surface area contributed by atoms with E-state index >= 15 is 0 Å². The van der Waals surface area contributed by atoms with Crippen molar-refractivity contribution in [2.45, 2.75) is 37.8 Å². The summed E-state index contributed by atoms with van der Waals surface area (Å²) in [6.07, 6.45) is 3.14. The lowest BCUT2D eigenvalue weighted by Gasteiger charge is -2.24. The number of nitrogens with zero attached hydrogens (tertiary/aromatic N) is 3. The molecular formula is C16H17FN4O3. The minimum atomic E-state index is -1.05. The molecule has 1 aromatic carbocycles. The standard InChI is InChI=1S/C16H17FN4O3/c1-16(2,20-9-12(8-18-20)21(23)24)15(22)19-14-7-13(14)10-3-5-11(17)6-4-10/h3-6,8-9,13-14H,7H2,1-2H3,(H,19,22)/t13-,14+/m0/s1. The van der Waals surface area contributed by atoms with E-state index in [0.717, 1.165) is 18.2 Å². The molecule has 0 saturated heterocycles. The molecule has 8 heteroatoms. The second-order valence-electron chi connectivity index (χ2n) is 6.43. The Hall–Kier alpha value is -2.77. The predicted octanol–water partition coefficient (Wildman–Crippen LogP) is 2.34. The second kappa shape index (κ2) is 5.70. The zero-order valence-corrected chi connectivity index (χ0v) is 13.3. The summed E-state index contributed by atoms with van der Waals surface area (Å²) in [5, 5.41) is 17.6. The van der Waals surface area contributed by atoms with E-state index in [2.05, 4.69) is 10.4 Å². The van der Waals surface area contributed by atoms with Gasteiger partial charge in [0.2, 0.25) is 5.91 Å². The molecule has 1 heterocycles. The van der Waals surface area contributed by atoms with Gasteiger partial charge in [-0.3, -0.25) is 19.6 Å². The highest BCUT2D eigenvalue weighted by molar-refractivity contribution is 5.84. The van der Waals surface area contributed by atoms with Crippen molar-refractivity contribution in [3.63, 3.8) is 0 Å². The molecule has 2 aromatic rings. The largest absolute Gasteiger partial charge is 0.351 e. The number of amides is 1. The summed E-state index contributed by atoms with van der Waals surface area (Å²) in [6, 6.07) is 6.22. The number of halogens is 1. The van der Waals surface area contributed by atoms with Crippen LogP contribution in [0.1, 0.15) is 31.7 Å². The van der Waals surface area contributed by atoms with Gasteiger partial charge in [-0.1, -0.05) is 12.1 Å². The highest BCUT2D eigenvalue weighted by Crippen LogP contribution is 2.41. The van der Waals surface area contributed by atoms with Gasteiger partial charge < -0.3 is 5.32 Å². The van der Waals surface area contributed by atoms with E-state index in [1.807, 2.05) is 0 Å². The third kappa shape index (κ3) is 2.99. The van der Waals surface area contributed by atoms with Crippen molar-refractivity contribution in [1.29, 1.82) is 0 Å². The fourth-order valence-corrected chi connectivity index (χ4v) is 2.60. The minimum absolute atomic E-state index is 0.0206. The lowest BCUT2D eigenvalue weighted by atomic mass is 10.0. The van der Waals surface area contributed by atoms with Crippen LogP contribution in [-0.2, 0) is 10.3 Å². The van der Waals surface area contributed by atoms with E-state index in [1.54, 1.807) is 26.0 Å². The third-order valence-corrected chi connectivity index (χ3v) is 4.31. The highest BCUT2D eigenvalue weighted by atomic mass is 19.1. The van der Waals surface area contributed by atoms with Crippen molar-refractivity contribution in [2.75, 3.05) is 0 Å². The van der Waals surface area contributed by atoms with E-state index in [4.69, 9.17) is 0 Å². The van der Waals surface area contributed by atoms with Gasteiger partial charge in [-0.25, -0.2) is 4.39 Å². The van der Waals surface area contributed by atoms with Crippen LogP contribution < -0.4 is 5.32 Å². The molecule has 0 spiro atoms. The molecule has 126 valence electrons. The molecule has 0 radical (unpaired) electrons. The van der Waals surface area contributed by atoms with Gasteiger partial charge in [0.15, 0.2) is 0 Å². The Kier molecular flexibility index (Phi) is 3.82. The SMILES string of the molecule is CC(C)(C(=O)N[C@@H]1C[C@H]1c1ccc(F)cc1)n1cc([N+](=O)[O-])cn1. The lowest BCUT2D eigenvalue weighted by molar-refractivity contribution is -0.385. The van der Waals surface area contributed by atoms with Crippen LogP contribution in [0.5, 0.6) is 0 Å². The molecule has 3 rings (SSSR count). The average Bonchev–Trinajstić information content (AvgIpc) is 3.10. The van der Waals surface area contributed by atoms with Crippen LogP contribution in [-0.4, -0.2) is 26.7 Å². The van der Waals surface area contributed by atoms with Crippen molar-refractivity contribution in [1.82, 2.24) is 15.1 Å². The van der Waals surface area contributed by atoms with Gasteiger partial charge in [-0.05, 0) is 38.0 Å². The molecule has 1 N–H and O–H groups in total. The number of benzene rings is 1. The van der Waals surface area contributed by atoms with Gasteiger partial charge >= 0.3 is 5.69 Å². The zero-order valence-electron chi connectivity index (χ0n) is 13.3. The van der Waals surface area contributed by atoms with Crippen LogP contribution in [0.2, 0.25) is 0 Å². The Morgan fingerprint density at radius 1 is 1.42 bits per heavy atom. The predicted molar refractivity (Wildman–Crippen MR) is 83.9 cm³/mol. The zero-order chi connectivity index (χ0) is 17.5. The van der Waals surface area contributed by atoms with Crippen LogP contribution in [0, 0.1) is 15.9 Å². The van der Waals surface area contributed by atoms with E-state index in [-0.39, 0.29) is 29.4 Å². The van der Waals surface area contributed by atoms with Crippen LogP contribution in [0.4, 0.5) is 10.1 Å². The number of rotatable bonds is 5. The molecule has 7 nitrogen and oxygen atoms in total. The monoisotopic (exact) mass is 332 g/mol. The lowest BCUT2D eigenvalue weighted by Crippen LogP contribution is -2.45.